The number of aromatic nitrogens is 1. The van der Waals surface area contributed by atoms with Gasteiger partial charge in [0.25, 0.3) is 0 Å². The summed E-state index contributed by atoms with van der Waals surface area (Å²) in [5, 5.41) is 7.40. The van der Waals surface area contributed by atoms with E-state index in [-0.39, 0.29) is 11.9 Å². The molecule has 1 fully saturated rings. The molecule has 1 aromatic carbocycles. The minimum atomic E-state index is -0.0642. The van der Waals surface area contributed by atoms with Crippen molar-refractivity contribution in [1.82, 2.24) is 10.3 Å². The normalized spacial score (nSPS) is 23.4. The number of nitrogens with one attached hydrogen (secondary N) is 3. The molecule has 2 atom stereocenters. The molecule has 100 valence electrons. The van der Waals surface area contributed by atoms with Crippen LogP contribution >= 0.6 is 0 Å². The van der Waals surface area contributed by atoms with Gasteiger partial charge in [0.15, 0.2) is 0 Å². The number of carbonyl (C=O) groups excluding carboxylic acids is 1. The van der Waals surface area contributed by atoms with Crippen LogP contribution in [0.3, 0.4) is 0 Å². The first-order chi connectivity index (χ1) is 9.22. The van der Waals surface area contributed by atoms with Crippen LogP contribution in [0.4, 0.5) is 5.69 Å². The number of aromatic amines is 1. The second-order valence-electron chi connectivity index (χ2n) is 5.41. The minimum Gasteiger partial charge on any atom is -0.361 e. The lowest BCUT2D eigenvalue weighted by molar-refractivity contribution is -0.119. The van der Waals surface area contributed by atoms with Gasteiger partial charge in [0.05, 0.1) is 6.04 Å². The number of piperidine rings is 1. The van der Waals surface area contributed by atoms with Crippen LogP contribution in [0, 0.1) is 5.92 Å². The molecule has 4 nitrogen and oxygen atoms in total. The van der Waals surface area contributed by atoms with Crippen LogP contribution in [0.25, 0.3) is 10.9 Å². The Labute approximate surface area is 112 Å². The first-order valence-electron chi connectivity index (χ1n) is 6.84. The van der Waals surface area contributed by atoms with Gasteiger partial charge in [-0.05, 0) is 49.6 Å². The number of benzene rings is 1. The molecule has 1 aromatic heterocycles. The molecule has 3 N–H and O–H groups in total. The number of hydrogen-bond donors (Lipinski definition) is 3. The maximum atomic E-state index is 12.2. The zero-order chi connectivity index (χ0) is 13.2. The van der Waals surface area contributed by atoms with Crippen molar-refractivity contribution in [3.8, 4) is 0 Å². The van der Waals surface area contributed by atoms with Gasteiger partial charge < -0.3 is 15.6 Å². The molecular weight excluding hydrogens is 238 g/mol. The molecule has 1 aliphatic heterocycles. The van der Waals surface area contributed by atoms with E-state index in [9.17, 15) is 4.79 Å². The lowest BCUT2D eigenvalue weighted by atomic mass is 9.94. The third-order valence-corrected chi connectivity index (χ3v) is 3.80. The molecule has 3 rings (SSSR count). The second kappa shape index (κ2) is 5.05. The Hall–Kier alpha value is -1.81. The summed E-state index contributed by atoms with van der Waals surface area (Å²) in [6.45, 7) is 3.13. The van der Waals surface area contributed by atoms with Crippen LogP contribution in [0.15, 0.2) is 30.5 Å². The minimum absolute atomic E-state index is 0.0642. The van der Waals surface area contributed by atoms with E-state index in [1.54, 1.807) is 0 Å². The number of anilines is 1. The van der Waals surface area contributed by atoms with Gasteiger partial charge >= 0.3 is 0 Å². The van der Waals surface area contributed by atoms with Crippen molar-refractivity contribution in [2.75, 3.05) is 11.9 Å². The highest BCUT2D eigenvalue weighted by molar-refractivity contribution is 5.96. The van der Waals surface area contributed by atoms with Gasteiger partial charge in [0.2, 0.25) is 5.91 Å². The first kappa shape index (κ1) is 12.2. The Balaban J connectivity index is 1.71. The van der Waals surface area contributed by atoms with Crippen LogP contribution in [0.2, 0.25) is 0 Å². The fraction of sp³-hybridized carbons (Fsp3) is 0.400. The zero-order valence-corrected chi connectivity index (χ0v) is 11.1. The SMILES string of the molecule is CC1CCNC(C(=O)Nc2ccc3[nH]ccc3c2)C1. The molecule has 1 saturated heterocycles. The standard InChI is InChI=1S/C15H19N3O/c1-10-4-6-17-14(8-10)15(19)18-12-2-3-13-11(9-12)5-7-16-13/h2-3,5,7,9-10,14,16-17H,4,6,8H2,1H3,(H,18,19). The Morgan fingerprint density at radius 2 is 2.26 bits per heavy atom. The fourth-order valence-electron chi connectivity index (χ4n) is 2.67. The van der Waals surface area contributed by atoms with Gasteiger partial charge in [-0.2, -0.15) is 0 Å². The fourth-order valence-corrected chi connectivity index (χ4v) is 2.67. The van der Waals surface area contributed by atoms with Crippen LogP contribution in [0.5, 0.6) is 0 Å². The molecule has 0 spiro atoms. The van der Waals surface area contributed by atoms with E-state index in [0.717, 1.165) is 36.0 Å². The van der Waals surface area contributed by atoms with Crippen LogP contribution in [-0.4, -0.2) is 23.5 Å². The average Bonchev–Trinajstić information content (AvgIpc) is 2.86. The molecule has 2 aromatic rings. The lowest BCUT2D eigenvalue weighted by Crippen LogP contribution is -2.45. The number of carbonyl (C=O) groups is 1. The monoisotopic (exact) mass is 257 g/mol. The molecule has 2 unspecified atom stereocenters. The largest absolute Gasteiger partial charge is 0.361 e. The Morgan fingerprint density at radius 3 is 3.11 bits per heavy atom. The van der Waals surface area contributed by atoms with Gasteiger partial charge in [-0.3, -0.25) is 4.79 Å². The van der Waals surface area contributed by atoms with E-state index in [2.05, 4.69) is 22.5 Å². The van der Waals surface area contributed by atoms with Gasteiger partial charge in [-0.1, -0.05) is 6.92 Å². The number of H-pyrrole nitrogens is 1. The van der Waals surface area contributed by atoms with E-state index >= 15 is 0 Å². The lowest BCUT2D eigenvalue weighted by Gasteiger charge is -2.27. The van der Waals surface area contributed by atoms with E-state index in [1.807, 2.05) is 30.5 Å². The van der Waals surface area contributed by atoms with Crippen molar-refractivity contribution in [2.24, 2.45) is 5.92 Å². The Bertz CT molecular complexity index is 590. The van der Waals surface area contributed by atoms with Crippen molar-refractivity contribution in [3.05, 3.63) is 30.5 Å². The van der Waals surface area contributed by atoms with Gasteiger partial charge in [-0.15, -0.1) is 0 Å². The van der Waals surface area contributed by atoms with Crippen LogP contribution in [0.1, 0.15) is 19.8 Å². The van der Waals surface area contributed by atoms with Crippen molar-refractivity contribution in [2.45, 2.75) is 25.8 Å². The van der Waals surface area contributed by atoms with Crippen molar-refractivity contribution >= 4 is 22.5 Å². The van der Waals surface area contributed by atoms with E-state index in [1.165, 1.54) is 0 Å². The molecule has 0 bridgehead atoms. The second-order valence-corrected chi connectivity index (χ2v) is 5.41. The maximum Gasteiger partial charge on any atom is 0.241 e. The number of hydrogen-bond acceptors (Lipinski definition) is 2. The summed E-state index contributed by atoms with van der Waals surface area (Å²) in [5.41, 5.74) is 1.94. The quantitative estimate of drug-likeness (QED) is 0.774. The highest BCUT2D eigenvalue weighted by Crippen LogP contribution is 2.20. The summed E-state index contributed by atoms with van der Waals surface area (Å²) in [4.78, 5) is 15.4. The third-order valence-electron chi connectivity index (χ3n) is 3.80. The molecule has 19 heavy (non-hydrogen) atoms. The Morgan fingerprint density at radius 1 is 1.37 bits per heavy atom. The van der Waals surface area contributed by atoms with Crippen molar-refractivity contribution in [3.63, 3.8) is 0 Å². The molecule has 2 heterocycles. The highest BCUT2D eigenvalue weighted by Gasteiger charge is 2.24. The smallest absolute Gasteiger partial charge is 0.241 e. The first-order valence-corrected chi connectivity index (χ1v) is 6.84. The van der Waals surface area contributed by atoms with E-state index in [0.29, 0.717) is 5.92 Å². The third kappa shape index (κ3) is 2.63. The zero-order valence-electron chi connectivity index (χ0n) is 11.1. The predicted molar refractivity (Wildman–Crippen MR) is 77.1 cm³/mol. The van der Waals surface area contributed by atoms with E-state index < -0.39 is 0 Å². The predicted octanol–water partition coefficient (Wildman–Crippen LogP) is 2.49. The summed E-state index contributed by atoms with van der Waals surface area (Å²) in [6, 6.07) is 7.86. The molecule has 0 saturated carbocycles. The summed E-state index contributed by atoms with van der Waals surface area (Å²) >= 11 is 0. The van der Waals surface area contributed by atoms with Gasteiger partial charge in [0, 0.05) is 22.8 Å². The summed E-state index contributed by atoms with van der Waals surface area (Å²) in [7, 11) is 0. The molecule has 1 aliphatic rings. The van der Waals surface area contributed by atoms with Crippen LogP contribution < -0.4 is 10.6 Å². The Kier molecular flexibility index (Phi) is 3.25. The van der Waals surface area contributed by atoms with Crippen molar-refractivity contribution < 1.29 is 4.79 Å². The number of rotatable bonds is 2. The van der Waals surface area contributed by atoms with Crippen LogP contribution in [-0.2, 0) is 4.79 Å². The number of amides is 1. The molecule has 1 amide bonds. The maximum absolute atomic E-state index is 12.2. The molecule has 0 radical (unpaired) electrons. The molecule has 0 aliphatic carbocycles. The van der Waals surface area contributed by atoms with E-state index in [4.69, 9.17) is 0 Å². The molecular formula is C15H19N3O. The van der Waals surface area contributed by atoms with Crippen molar-refractivity contribution in [1.29, 1.82) is 0 Å². The van der Waals surface area contributed by atoms with Gasteiger partial charge in [0.1, 0.15) is 0 Å². The topological polar surface area (TPSA) is 56.9 Å². The summed E-state index contributed by atoms with van der Waals surface area (Å²) in [5.74, 6) is 0.686. The highest BCUT2D eigenvalue weighted by atomic mass is 16.2. The summed E-state index contributed by atoms with van der Waals surface area (Å²) in [6.07, 6.45) is 3.97. The number of fused-ring (bicyclic) bond motifs is 1. The molecule has 4 heteroatoms. The average molecular weight is 257 g/mol. The summed E-state index contributed by atoms with van der Waals surface area (Å²) < 4.78 is 0. The van der Waals surface area contributed by atoms with Gasteiger partial charge in [-0.25, -0.2) is 0 Å².